The number of piperidine rings is 1. The zero-order chi connectivity index (χ0) is 24.6. The van der Waals surface area contributed by atoms with Crippen LogP contribution in [0.25, 0.3) is 21.5 Å². The fraction of sp³-hybridized carbons (Fsp3) is 0.462. The van der Waals surface area contributed by atoms with Gasteiger partial charge >= 0.3 is 0 Å². The summed E-state index contributed by atoms with van der Waals surface area (Å²) in [5.41, 5.74) is 3.08. The zero-order valence-electron chi connectivity index (χ0n) is 20.1. The fourth-order valence-corrected chi connectivity index (χ4v) is 7.02. The molecule has 7 nitrogen and oxygen atoms in total. The van der Waals surface area contributed by atoms with Gasteiger partial charge in [0.1, 0.15) is 18.2 Å². The lowest BCUT2D eigenvalue weighted by Crippen LogP contribution is -2.35. The Balaban J connectivity index is 1.36. The van der Waals surface area contributed by atoms with E-state index in [0.717, 1.165) is 50.8 Å². The lowest BCUT2D eigenvalue weighted by Gasteiger charge is -2.21. The fourth-order valence-electron chi connectivity index (χ4n) is 5.65. The summed E-state index contributed by atoms with van der Waals surface area (Å²) in [6.07, 6.45) is 1.60. The molecule has 3 aromatic rings. The molecule has 35 heavy (non-hydrogen) atoms. The number of thiophene rings is 1. The van der Waals surface area contributed by atoms with E-state index in [2.05, 4.69) is 22.2 Å². The summed E-state index contributed by atoms with van der Waals surface area (Å²) in [7, 11) is 0. The molecule has 1 saturated carbocycles. The highest BCUT2D eigenvalue weighted by molar-refractivity contribution is 7.19. The molecule has 1 aliphatic carbocycles. The van der Waals surface area contributed by atoms with Crippen molar-refractivity contribution in [3.05, 3.63) is 40.0 Å². The van der Waals surface area contributed by atoms with Crippen LogP contribution in [-0.4, -0.2) is 45.9 Å². The smallest absolute Gasteiger partial charge is 0.234 e. The predicted octanol–water partition coefficient (Wildman–Crippen LogP) is 4.45. The predicted molar refractivity (Wildman–Crippen MR) is 135 cm³/mol. The molecule has 2 aromatic heterocycles. The number of likely N-dealkylation sites (tertiary alicyclic amines) is 1. The maximum Gasteiger partial charge on any atom is 0.234 e. The number of hydrogen-bond donors (Lipinski definition) is 1. The van der Waals surface area contributed by atoms with Crippen LogP contribution in [0.3, 0.4) is 0 Å². The van der Waals surface area contributed by atoms with Crippen molar-refractivity contribution in [3.8, 4) is 17.0 Å². The summed E-state index contributed by atoms with van der Waals surface area (Å²) in [6, 6.07) is 5.74. The third-order valence-corrected chi connectivity index (χ3v) is 9.11. The number of aryl methyl sites for hydroxylation is 1. The Morgan fingerprint density at radius 3 is 2.60 bits per heavy atom. The Morgan fingerprint density at radius 1 is 1.17 bits per heavy atom. The number of benzene rings is 1. The van der Waals surface area contributed by atoms with Crippen LogP contribution < -0.4 is 10.1 Å². The van der Waals surface area contributed by atoms with Crippen LogP contribution in [0.1, 0.15) is 31.2 Å². The van der Waals surface area contributed by atoms with E-state index in [-0.39, 0.29) is 41.7 Å². The number of halogens is 1. The number of fused-ring (bicyclic) bond motifs is 2. The molecule has 2 saturated heterocycles. The molecule has 9 heteroatoms. The monoisotopic (exact) mass is 510 g/mol. The Kier molecular flexibility index (Phi) is 5.22. The first-order valence-electron chi connectivity index (χ1n) is 11.9. The van der Waals surface area contributed by atoms with Gasteiger partial charge < -0.3 is 10.1 Å². The molecule has 3 aliphatic rings. The molecule has 0 bridgehead atoms. The van der Waals surface area contributed by atoms with Gasteiger partial charge in [-0.25, -0.2) is 9.97 Å². The van der Waals surface area contributed by atoms with Gasteiger partial charge in [-0.3, -0.25) is 14.5 Å². The van der Waals surface area contributed by atoms with Crippen molar-refractivity contribution in [1.82, 2.24) is 20.2 Å². The molecule has 4 heterocycles. The van der Waals surface area contributed by atoms with Gasteiger partial charge in [-0.1, -0.05) is 32.4 Å². The molecule has 0 radical (unpaired) electrons. The van der Waals surface area contributed by atoms with E-state index in [0.29, 0.717) is 10.9 Å². The molecule has 1 aromatic carbocycles. The lowest BCUT2D eigenvalue weighted by atomic mass is 10.0. The number of imide groups is 1. The van der Waals surface area contributed by atoms with Crippen molar-refractivity contribution >= 4 is 45.0 Å². The molecule has 182 valence electrons. The van der Waals surface area contributed by atoms with Crippen LogP contribution in [0.4, 0.5) is 0 Å². The number of ether oxygens (including phenoxy) is 1. The van der Waals surface area contributed by atoms with Gasteiger partial charge in [-0.2, -0.15) is 0 Å². The van der Waals surface area contributed by atoms with E-state index in [1.807, 2.05) is 39.0 Å². The number of amides is 2. The van der Waals surface area contributed by atoms with Gasteiger partial charge in [0.25, 0.3) is 0 Å². The molecule has 2 unspecified atom stereocenters. The second-order valence-electron chi connectivity index (χ2n) is 10.6. The summed E-state index contributed by atoms with van der Waals surface area (Å²) < 4.78 is 7.40. The summed E-state index contributed by atoms with van der Waals surface area (Å²) in [4.78, 5) is 37.1. The molecular formula is C26H27ClN4O3S. The highest BCUT2D eigenvalue weighted by Crippen LogP contribution is 2.63. The largest absolute Gasteiger partial charge is 0.488 e. The molecule has 4 atom stereocenters. The van der Waals surface area contributed by atoms with Gasteiger partial charge in [0, 0.05) is 34.5 Å². The molecule has 2 aliphatic heterocycles. The highest BCUT2D eigenvalue weighted by Gasteiger charge is 2.72. The Bertz CT molecular complexity index is 1360. The van der Waals surface area contributed by atoms with Crippen LogP contribution in [0.2, 0.25) is 5.02 Å². The first-order chi connectivity index (χ1) is 16.7. The third kappa shape index (κ3) is 3.57. The minimum Gasteiger partial charge on any atom is -0.488 e. The van der Waals surface area contributed by atoms with E-state index < -0.39 is 0 Å². The van der Waals surface area contributed by atoms with E-state index in [1.54, 1.807) is 0 Å². The number of carbonyl (C=O) groups is 2. The number of nitrogens with zero attached hydrogens (tertiary/aromatic N) is 3. The van der Waals surface area contributed by atoms with Crippen molar-refractivity contribution in [3.63, 3.8) is 0 Å². The van der Waals surface area contributed by atoms with Crippen molar-refractivity contribution < 1.29 is 14.3 Å². The second-order valence-corrected chi connectivity index (χ2v) is 12.2. The van der Waals surface area contributed by atoms with Crippen LogP contribution in [0.5, 0.6) is 5.75 Å². The minimum absolute atomic E-state index is 0.0609. The number of rotatable bonds is 5. The van der Waals surface area contributed by atoms with Gasteiger partial charge in [0.05, 0.1) is 34.3 Å². The van der Waals surface area contributed by atoms with Gasteiger partial charge in [0.15, 0.2) is 0 Å². The van der Waals surface area contributed by atoms with Crippen molar-refractivity contribution in [1.29, 1.82) is 0 Å². The number of carbonyl (C=O) groups excluding carboxylic acids is 2. The standard InChI is InChI=1S/C26H27ClN4O3S/c1-12-5-14(27)6-16(22(12)34-18-9-28-8-13(18)2)21-23-17(29-11-30-21)7-15(35-23)10-31-24(32)19-20(25(31)33)26(19,3)4/h5-7,11,13,18-20,28H,8-10H2,1-4H3/t13-,18+,19?,20?/m0/s1. The van der Waals surface area contributed by atoms with E-state index in [4.69, 9.17) is 16.3 Å². The van der Waals surface area contributed by atoms with E-state index in [1.165, 1.54) is 22.6 Å². The summed E-state index contributed by atoms with van der Waals surface area (Å²) in [6.45, 7) is 10.1. The van der Waals surface area contributed by atoms with Crippen LogP contribution >= 0.6 is 22.9 Å². The third-order valence-electron chi connectivity index (χ3n) is 7.78. The van der Waals surface area contributed by atoms with Gasteiger partial charge in [-0.15, -0.1) is 11.3 Å². The SMILES string of the molecule is Cc1cc(Cl)cc(-c2ncnc3cc(CN4C(=O)C5C(C4=O)C5(C)C)sc23)c1O[C@@H]1CNC[C@@H]1C. The van der Waals surface area contributed by atoms with E-state index in [9.17, 15) is 9.59 Å². The highest BCUT2D eigenvalue weighted by atomic mass is 35.5. The maximum atomic E-state index is 12.8. The topological polar surface area (TPSA) is 84.4 Å². The lowest BCUT2D eigenvalue weighted by molar-refractivity contribution is -0.143. The van der Waals surface area contributed by atoms with E-state index >= 15 is 0 Å². The molecule has 0 spiro atoms. The summed E-state index contributed by atoms with van der Waals surface area (Å²) in [5, 5.41) is 4.00. The molecule has 6 rings (SSSR count). The Labute approximate surface area is 212 Å². The average molecular weight is 511 g/mol. The first kappa shape index (κ1) is 22.9. The quantitative estimate of drug-likeness (QED) is 0.510. The van der Waals surface area contributed by atoms with Crippen LogP contribution in [-0.2, 0) is 16.1 Å². The summed E-state index contributed by atoms with van der Waals surface area (Å²) >= 11 is 7.98. The normalized spacial score (nSPS) is 27.1. The summed E-state index contributed by atoms with van der Waals surface area (Å²) in [5.74, 6) is 0.687. The number of aromatic nitrogens is 2. The minimum atomic E-state index is -0.212. The zero-order valence-corrected chi connectivity index (χ0v) is 21.7. The molecule has 3 fully saturated rings. The number of nitrogens with one attached hydrogen (secondary N) is 1. The average Bonchev–Trinajstić information content (AvgIpc) is 3.16. The molecule has 1 N–H and O–H groups in total. The van der Waals surface area contributed by atoms with Crippen molar-refractivity contribution in [2.75, 3.05) is 13.1 Å². The van der Waals surface area contributed by atoms with Crippen LogP contribution in [0, 0.1) is 30.1 Å². The molecule has 2 amide bonds. The van der Waals surface area contributed by atoms with Crippen molar-refractivity contribution in [2.24, 2.45) is 23.2 Å². The van der Waals surface area contributed by atoms with Gasteiger partial charge in [-0.05, 0) is 36.1 Å². The molecular weight excluding hydrogens is 484 g/mol. The first-order valence-corrected chi connectivity index (χ1v) is 13.1. The number of hydrogen-bond acceptors (Lipinski definition) is 7. The second kappa shape index (κ2) is 7.98. The maximum absolute atomic E-state index is 12.8. The Morgan fingerprint density at radius 2 is 1.91 bits per heavy atom. The van der Waals surface area contributed by atoms with Crippen LogP contribution in [0.15, 0.2) is 24.5 Å². The Hall–Kier alpha value is -2.55. The van der Waals surface area contributed by atoms with Crippen molar-refractivity contribution in [2.45, 2.75) is 40.3 Å². The van der Waals surface area contributed by atoms with Gasteiger partial charge in [0.2, 0.25) is 11.8 Å².